The van der Waals surface area contributed by atoms with Crippen LogP contribution in [0.4, 0.5) is 0 Å². The lowest BCUT2D eigenvalue weighted by molar-refractivity contribution is -0.167. The Bertz CT molecular complexity index is 1670. The second kappa shape index (κ2) is 68.3. The van der Waals surface area contributed by atoms with Crippen molar-refractivity contribution in [3.63, 3.8) is 0 Å². The minimum atomic E-state index is -0.787. The summed E-state index contributed by atoms with van der Waals surface area (Å²) in [5.41, 5.74) is 0. The molecule has 0 fully saturated rings. The van der Waals surface area contributed by atoms with Crippen molar-refractivity contribution < 1.29 is 28.6 Å². The zero-order chi connectivity index (χ0) is 58.5. The molecule has 1 atom stereocenters. The minimum absolute atomic E-state index is 0.0814. The van der Waals surface area contributed by atoms with Crippen LogP contribution in [0.2, 0.25) is 0 Å². The van der Waals surface area contributed by atoms with Crippen molar-refractivity contribution in [2.24, 2.45) is 0 Å². The molecule has 6 nitrogen and oxygen atoms in total. The Hall–Kier alpha value is -4.19. The molecule has 0 spiro atoms. The van der Waals surface area contributed by atoms with Crippen molar-refractivity contribution in [1.29, 1.82) is 0 Å². The molecule has 0 radical (unpaired) electrons. The first kappa shape index (κ1) is 76.8. The van der Waals surface area contributed by atoms with Gasteiger partial charge in [-0.1, -0.05) is 309 Å². The highest BCUT2D eigenvalue weighted by Crippen LogP contribution is 2.17. The van der Waals surface area contributed by atoms with E-state index >= 15 is 0 Å². The fourth-order valence-corrected chi connectivity index (χ4v) is 9.44. The third kappa shape index (κ3) is 66.5. The molecule has 0 saturated heterocycles. The first-order valence-electron chi connectivity index (χ1n) is 34.0. The van der Waals surface area contributed by atoms with E-state index in [2.05, 4.69) is 142 Å². The second-order valence-electron chi connectivity index (χ2n) is 22.3. The van der Waals surface area contributed by atoms with Crippen LogP contribution in [0.15, 0.2) is 122 Å². The lowest BCUT2D eigenvalue weighted by atomic mass is 10.0. The molecule has 0 aromatic heterocycles. The van der Waals surface area contributed by atoms with Crippen LogP contribution in [0.1, 0.15) is 316 Å². The average Bonchev–Trinajstić information content (AvgIpc) is 3.46. The van der Waals surface area contributed by atoms with E-state index in [0.717, 1.165) is 135 Å². The van der Waals surface area contributed by atoms with Gasteiger partial charge in [0.2, 0.25) is 0 Å². The van der Waals surface area contributed by atoms with Crippen molar-refractivity contribution in [3.8, 4) is 0 Å². The molecule has 0 aliphatic heterocycles. The number of allylic oxidation sites excluding steroid dienone is 20. The van der Waals surface area contributed by atoms with Crippen LogP contribution in [0.3, 0.4) is 0 Å². The Morgan fingerprint density at radius 1 is 0.259 bits per heavy atom. The predicted octanol–water partition coefficient (Wildman–Crippen LogP) is 23.6. The second-order valence-corrected chi connectivity index (χ2v) is 22.3. The summed E-state index contributed by atoms with van der Waals surface area (Å²) >= 11 is 0. The Balaban J connectivity index is 4.34. The number of ether oxygens (including phenoxy) is 3. The van der Waals surface area contributed by atoms with E-state index in [4.69, 9.17) is 14.2 Å². The summed E-state index contributed by atoms with van der Waals surface area (Å²) in [6, 6.07) is 0. The van der Waals surface area contributed by atoms with Crippen molar-refractivity contribution in [2.45, 2.75) is 322 Å². The van der Waals surface area contributed by atoms with Gasteiger partial charge in [-0.05, 0) is 109 Å². The highest BCUT2D eigenvalue weighted by atomic mass is 16.6. The van der Waals surface area contributed by atoms with Gasteiger partial charge in [-0.3, -0.25) is 14.4 Å². The SMILES string of the molecule is CC/C=C\C/C=C\C/C=C\C/C=C\C/C=C\CCCCCCCCCCCC(=O)OCC(COC(=O)CCCCCCCCCCCCCCC)OC(=O)CCCCCCCCCCC/C=C\C/C=C\C/C=C\C/C=C\C/C=C\CC. The molecule has 81 heavy (non-hydrogen) atoms. The van der Waals surface area contributed by atoms with Crippen LogP contribution >= 0.6 is 0 Å². The highest BCUT2D eigenvalue weighted by molar-refractivity contribution is 5.71. The van der Waals surface area contributed by atoms with Crippen LogP contribution in [0.25, 0.3) is 0 Å². The monoisotopic (exact) mass is 1120 g/mol. The van der Waals surface area contributed by atoms with Gasteiger partial charge in [0.25, 0.3) is 0 Å². The van der Waals surface area contributed by atoms with Gasteiger partial charge in [0.1, 0.15) is 13.2 Å². The molecule has 462 valence electrons. The Morgan fingerprint density at radius 3 is 0.753 bits per heavy atom. The Labute approximate surface area is 501 Å². The average molecular weight is 1120 g/mol. The van der Waals surface area contributed by atoms with Crippen molar-refractivity contribution in [3.05, 3.63) is 122 Å². The van der Waals surface area contributed by atoms with Gasteiger partial charge in [-0.25, -0.2) is 0 Å². The van der Waals surface area contributed by atoms with Crippen LogP contribution in [-0.4, -0.2) is 37.2 Å². The summed E-state index contributed by atoms with van der Waals surface area (Å²) < 4.78 is 17.0. The molecule has 0 aliphatic carbocycles. The van der Waals surface area contributed by atoms with Gasteiger partial charge in [-0.2, -0.15) is 0 Å². The normalized spacial score (nSPS) is 12.9. The topological polar surface area (TPSA) is 78.9 Å². The molecule has 0 bridgehead atoms. The van der Waals surface area contributed by atoms with E-state index < -0.39 is 6.10 Å². The lowest BCUT2D eigenvalue weighted by Crippen LogP contribution is -2.30. The number of hydrogen-bond acceptors (Lipinski definition) is 6. The third-order valence-corrected chi connectivity index (χ3v) is 14.5. The fraction of sp³-hybridized carbons (Fsp3) is 0.693. The summed E-state index contributed by atoms with van der Waals surface area (Å²) in [7, 11) is 0. The van der Waals surface area contributed by atoms with Gasteiger partial charge < -0.3 is 14.2 Å². The fourth-order valence-electron chi connectivity index (χ4n) is 9.44. The summed E-state index contributed by atoms with van der Waals surface area (Å²) in [6.07, 6.45) is 94.9. The van der Waals surface area contributed by atoms with E-state index in [0.29, 0.717) is 19.3 Å². The molecular weight excluding hydrogens is 997 g/mol. The maximum Gasteiger partial charge on any atom is 0.306 e. The van der Waals surface area contributed by atoms with Crippen LogP contribution in [-0.2, 0) is 28.6 Å². The smallest absolute Gasteiger partial charge is 0.306 e. The molecular formula is C75H126O6. The third-order valence-electron chi connectivity index (χ3n) is 14.5. The molecule has 0 amide bonds. The summed E-state index contributed by atoms with van der Waals surface area (Å²) in [4.78, 5) is 38.4. The van der Waals surface area contributed by atoms with Crippen LogP contribution in [0.5, 0.6) is 0 Å². The molecule has 1 unspecified atom stereocenters. The van der Waals surface area contributed by atoms with E-state index in [1.807, 2.05) is 0 Å². The van der Waals surface area contributed by atoms with Crippen LogP contribution in [0, 0.1) is 0 Å². The van der Waals surface area contributed by atoms with Gasteiger partial charge in [0, 0.05) is 19.3 Å². The Kier molecular flexibility index (Phi) is 64.8. The molecule has 0 aliphatic rings. The zero-order valence-electron chi connectivity index (χ0n) is 53.0. The number of rotatable bonds is 61. The maximum absolute atomic E-state index is 13.0. The van der Waals surface area contributed by atoms with Crippen LogP contribution < -0.4 is 0 Å². The quantitative estimate of drug-likeness (QED) is 0.0261. The first-order chi connectivity index (χ1) is 40.0. The number of carbonyl (C=O) groups is 3. The molecule has 0 aromatic carbocycles. The van der Waals surface area contributed by atoms with E-state index in [1.165, 1.54) is 141 Å². The maximum atomic E-state index is 13.0. The highest BCUT2D eigenvalue weighted by Gasteiger charge is 2.19. The number of esters is 3. The Morgan fingerprint density at radius 2 is 0.481 bits per heavy atom. The number of unbranched alkanes of at least 4 members (excludes halogenated alkanes) is 30. The largest absolute Gasteiger partial charge is 0.462 e. The first-order valence-corrected chi connectivity index (χ1v) is 34.0. The molecule has 0 saturated carbocycles. The number of hydrogen-bond donors (Lipinski definition) is 0. The summed E-state index contributed by atoms with van der Waals surface area (Å²) in [5, 5.41) is 0. The molecule has 0 aromatic rings. The molecule has 0 N–H and O–H groups in total. The molecule has 0 heterocycles. The zero-order valence-corrected chi connectivity index (χ0v) is 53.0. The molecule has 0 rings (SSSR count). The van der Waals surface area contributed by atoms with Gasteiger partial charge in [0.05, 0.1) is 0 Å². The van der Waals surface area contributed by atoms with Crippen molar-refractivity contribution in [1.82, 2.24) is 0 Å². The molecule has 6 heteroatoms. The predicted molar refractivity (Wildman–Crippen MR) is 353 cm³/mol. The van der Waals surface area contributed by atoms with Crippen molar-refractivity contribution in [2.75, 3.05) is 13.2 Å². The minimum Gasteiger partial charge on any atom is -0.462 e. The van der Waals surface area contributed by atoms with Crippen molar-refractivity contribution >= 4 is 17.9 Å². The summed E-state index contributed by atoms with van der Waals surface area (Å²) in [6.45, 7) is 6.43. The lowest BCUT2D eigenvalue weighted by Gasteiger charge is -2.18. The van der Waals surface area contributed by atoms with E-state index in [1.54, 1.807) is 0 Å². The van der Waals surface area contributed by atoms with E-state index in [-0.39, 0.29) is 31.1 Å². The number of carbonyl (C=O) groups excluding carboxylic acids is 3. The summed E-state index contributed by atoms with van der Waals surface area (Å²) in [5.74, 6) is -0.884. The van der Waals surface area contributed by atoms with Gasteiger partial charge in [-0.15, -0.1) is 0 Å². The van der Waals surface area contributed by atoms with Gasteiger partial charge in [0.15, 0.2) is 6.10 Å². The van der Waals surface area contributed by atoms with Gasteiger partial charge >= 0.3 is 17.9 Å². The van der Waals surface area contributed by atoms with E-state index in [9.17, 15) is 14.4 Å². The standard InChI is InChI=1S/C75H126O6/c1-4-7-10-13-16-19-22-25-27-29-31-33-35-37-39-41-43-45-47-50-53-56-59-62-65-68-74(77)80-71-72(70-79-73(76)67-64-61-58-55-52-49-24-21-18-15-12-9-6-3)81-75(78)69-66-63-60-57-54-51-48-46-44-42-40-38-36-34-32-30-28-26-23-20-17-14-11-8-5-2/h7-8,10-11,16-17,19-20,25-28,31-34,37-40,72H,4-6,9,12-15,18,21-24,29-30,35-36,41-71H2,1-3H3/b10-7-,11-8-,19-16-,20-17-,27-25-,28-26-,33-31-,34-32-,39-37-,40-38-.